The number of thiophene rings is 1. The smallest absolute Gasteiger partial charge is 0.271 e. The molecule has 90 valence electrons. The summed E-state index contributed by atoms with van der Waals surface area (Å²) in [5, 5.41) is 1.91. The molecule has 0 unspecified atom stereocenters. The van der Waals surface area contributed by atoms with E-state index in [-0.39, 0.29) is 5.56 Å². The van der Waals surface area contributed by atoms with Crippen molar-refractivity contribution < 1.29 is 4.74 Å². The van der Waals surface area contributed by atoms with Crippen LogP contribution in [0.4, 0.5) is 0 Å². The molecule has 2 aromatic heterocycles. The Bertz CT molecular complexity index is 569. The van der Waals surface area contributed by atoms with E-state index in [2.05, 4.69) is 4.98 Å². The Morgan fingerprint density at radius 1 is 1.47 bits per heavy atom. The number of hydrogen-bond acceptors (Lipinski definition) is 4. The predicted molar refractivity (Wildman–Crippen MR) is 67.4 cm³/mol. The number of fused-ring (bicyclic) bond motifs is 1. The van der Waals surface area contributed by atoms with Gasteiger partial charge in [-0.25, -0.2) is 4.98 Å². The van der Waals surface area contributed by atoms with Gasteiger partial charge >= 0.3 is 0 Å². The molecule has 0 aromatic carbocycles. The lowest BCUT2D eigenvalue weighted by molar-refractivity contribution is 0.0609. The fraction of sp³-hybridized carbons (Fsp3) is 0.500. The lowest BCUT2D eigenvalue weighted by Gasteiger charge is -2.22. The lowest BCUT2D eigenvalue weighted by Crippen LogP contribution is -2.27. The summed E-state index contributed by atoms with van der Waals surface area (Å²) in [6.45, 7) is 2.39. The standard InChI is InChI=1S/C12H14N2O2S/c15-12-11-10(3-6-17-11)13-8-14(12)7-9-1-4-16-5-2-9/h3,6,8-9H,1-2,4-5,7H2. The minimum atomic E-state index is 0.0940. The number of rotatable bonds is 2. The maximum absolute atomic E-state index is 12.2. The van der Waals surface area contributed by atoms with Gasteiger partial charge in [0.1, 0.15) is 4.70 Å². The second-order valence-corrected chi connectivity index (χ2v) is 5.31. The van der Waals surface area contributed by atoms with E-state index in [1.807, 2.05) is 11.4 Å². The maximum atomic E-state index is 12.2. The van der Waals surface area contributed by atoms with Gasteiger partial charge < -0.3 is 4.74 Å². The molecule has 1 aliphatic heterocycles. The van der Waals surface area contributed by atoms with Crippen LogP contribution in [0.25, 0.3) is 10.2 Å². The fourth-order valence-corrected chi connectivity index (χ4v) is 3.01. The Labute approximate surface area is 103 Å². The molecule has 17 heavy (non-hydrogen) atoms. The third kappa shape index (κ3) is 2.12. The number of aromatic nitrogens is 2. The molecule has 1 fully saturated rings. The zero-order valence-electron chi connectivity index (χ0n) is 9.46. The van der Waals surface area contributed by atoms with Gasteiger partial charge in [-0.1, -0.05) is 0 Å². The van der Waals surface area contributed by atoms with Crippen LogP contribution in [0.5, 0.6) is 0 Å². The number of ether oxygens (including phenoxy) is 1. The molecule has 3 rings (SSSR count). The molecule has 1 aliphatic rings. The second kappa shape index (κ2) is 4.58. The van der Waals surface area contributed by atoms with Crippen molar-refractivity contribution in [2.24, 2.45) is 5.92 Å². The molecule has 5 heteroatoms. The third-order valence-electron chi connectivity index (χ3n) is 3.23. The van der Waals surface area contributed by atoms with Crippen molar-refractivity contribution >= 4 is 21.6 Å². The molecule has 4 nitrogen and oxygen atoms in total. The first-order valence-corrected chi connectivity index (χ1v) is 6.73. The Hall–Kier alpha value is -1.20. The number of hydrogen-bond donors (Lipinski definition) is 0. The first kappa shape index (κ1) is 10.9. The molecule has 0 atom stereocenters. The SMILES string of the molecule is O=c1c2sccc2ncn1CC1CCOCC1. The highest BCUT2D eigenvalue weighted by molar-refractivity contribution is 7.17. The van der Waals surface area contributed by atoms with Crippen molar-refractivity contribution in [3.05, 3.63) is 28.1 Å². The fourth-order valence-electron chi connectivity index (χ4n) is 2.22. The van der Waals surface area contributed by atoms with Crippen molar-refractivity contribution in [3.63, 3.8) is 0 Å². The molecular weight excluding hydrogens is 236 g/mol. The van der Waals surface area contributed by atoms with E-state index in [0.717, 1.165) is 42.8 Å². The van der Waals surface area contributed by atoms with E-state index in [1.165, 1.54) is 11.3 Å². The normalized spacial score (nSPS) is 17.6. The average molecular weight is 250 g/mol. The van der Waals surface area contributed by atoms with Crippen LogP contribution < -0.4 is 5.56 Å². The van der Waals surface area contributed by atoms with E-state index < -0.39 is 0 Å². The van der Waals surface area contributed by atoms with Crippen LogP contribution in [0, 0.1) is 5.92 Å². The highest BCUT2D eigenvalue weighted by Gasteiger charge is 2.15. The van der Waals surface area contributed by atoms with Gasteiger partial charge in [0.25, 0.3) is 5.56 Å². The molecule has 0 N–H and O–H groups in total. The van der Waals surface area contributed by atoms with Crippen LogP contribution in [-0.2, 0) is 11.3 Å². The zero-order chi connectivity index (χ0) is 11.7. The van der Waals surface area contributed by atoms with Crippen molar-refractivity contribution in [1.82, 2.24) is 9.55 Å². The van der Waals surface area contributed by atoms with Gasteiger partial charge in [-0.15, -0.1) is 11.3 Å². The molecule has 0 saturated carbocycles. The minimum absolute atomic E-state index is 0.0940. The van der Waals surface area contributed by atoms with Gasteiger partial charge in [0, 0.05) is 19.8 Å². The van der Waals surface area contributed by atoms with Gasteiger partial charge in [0.2, 0.25) is 0 Å². The highest BCUT2D eigenvalue weighted by atomic mass is 32.1. The summed E-state index contributed by atoms with van der Waals surface area (Å²) in [6, 6.07) is 1.89. The largest absolute Gasteiger partial charge is 0.381 e. The monoisotopic (exact) mass is 250 g/mol. The topological polar surface area (TPSA) is 44.1 Å². The Morgan fingerprint density at radius 3 is 3.12 bits per heavy atom. The average Bonchev–Trinajstić information content (AvgIpc) is 2.83. The van der Waals surface area contributed by atoms with E-state index in [4.69, 9.17) is 4.74 Å². The van der Waals surface area contributed by atoms with Gasteiger partial charge in [-0.05, 0) is 30.2 Å². The maximum Gasteiger partial charge on any atom is 0.271 e. The van der Waals surface area contributed by atoms with E-state index in [1.54, 1.807) is 10.9 Å². The first-order chi connectivity index (χ1) is 8.34. The summed E-state index contributed by atoms with van der Waals surface area (Å²) in [6.07, 6.45) is 3.75. The van der Waals surface area contributed by atoms with Gasteiger partial charge in [-0.3, -0.25) is 9.36 Å². The zero-order valence-corrected chi connectivity index (χ0v) is 10.3. The van der Waals surface area contributed by atoms with Crippen LogP contribution in [0.2, 0.25) is 0 Å². The van der Waals surface area contributed by atoms with E-state index >= 15 is 0 Å². The molecule has 3 heterocycles. The minimum Gasteiger partial charge on any atom is -0.381 e. The summed E-state index contributed by atoms with van der Waals surface area (Å²) in [5.41, 5.74) is 0.903. The Balaban J connectivity index is 1.89. The van der Waals surface area contributed by atoms with Crippen LogP contribution in [0.1, 0.15) is 12.8 Å². The third-order valence-corrected chi connectivity index (χ3v) is 4.12. The molecule has 0 aliphatic carbocycles. The number of nitrogens with zero attached hydrogens (tertiary/aromatic N) is 2. The van der Waals surface area contributed by atoms with Crippen LogP contribution >= 0.6 is 11.3 Å². The van der Waals surface area contributed by atoms with Crippen molar-refractivity contribution in [3.8, 4) is 0 Å². The summed E-state index contributed by atoms with van der Waals surface area (Å²) >= 11 is 1.47. The van der Waals surface area contributed by atoms with Crippen LogP contribution in [-0.4, -0.2) is 22.8 Å². The van der Waals surface area contributed by atoms with Crippen molar-refractivity contribution in [1.29, 1.82) is 0 Å². The molecule has 2 aromatic rings. The van der Waals surface area contributed by atoms with Crippen molar-refractivity contribution in [2.45, 2.75) is 19.4 Å². The Kier molecular flexibility index (Phi) is 2.94. The van der Waals surface area contributed by atoms with Gasteiger partial charge in [0.15, 0.2) is 0 Å². The van der Waals surface area contributed by atoms with Gasteiger partial charge in [0.05, 0.1) is 11.8 Å². The molecule has 0 amide bonds. The molecular formula is C12H14N2O2S. The van der Waals surface area contributed by atoms with Crippen LogP contribution in [0.3, 0.4) is 0 Å². The molecule has 1 saturated heterocycles. The van der Waals surface area contributed by atoms with Gasteiger partial charge in [-0.2, -0.15) is 0 Å². The summed E-state index contributed by atoms with van der Waals surface area (Å²) in [7, 11) is 0. The molecule has 0 bridgehead atoms. The highest BCUT2D eigenvalue weighted by Crippen LogP contribution is 2.17. The first-order valence-electron chi connectivity index (χ1n) is 5.85. The summed E-state index contributed by atoms with van der Waals surface area (Å²) in [4.78, 5) is 16.5. The molecule has 0 radical (unpaired) electrons. The van der Waals surface area contributed by atoms with E-state index in [0.29, 0.717) is 5.92 Å². The summed E-state index contributed by atoms with van der Waals surface area (Å²) < 4.78 is 7.83. The lowest BCUT2D eigenvalue weighted by atomic mass is 10.0. The predicted octanol–water partition coefficient (Wildman–Crippen LogP) is 1.88. The van der Waals surface area contributed by atoms with Crippen molar-refractivity contribution in [2.75, 3.05) is 13.2 Å². The van der Waals surface area contributed by atoms with E-state index in [9.17, 15) is 4.79 Å². The quantitative estimate of drug-likeness (QED) is 0.817. The van der Waals surface area contributed by atoms with Crippen LogP contribution in [0.15, 0.2) is 22.6 Å². The molecule has 0 spiro atoms. The Morgan fingerprint density at radius 2 is 2.29 bits per heavy atom. The second-order valence-electron chi connectivity index (χ2n) is 4.39. The summed E-state index contributed by atoms with van der Waals surface area (Å²) in [5.74, 6) is 0.542.